The van der Waals surface area contributed by atoms with Crippen LogP contribution in [0.2, 0.25) is 0 Å². The van der Waals surface area contributed by atoms with Gasteiger partial charge in [0, 0.05) is 12.6 Å². The number of hydrogen-bond acceptors (Lipinski definition) is 2. The van der Waals surface area contributed by atoms with Crippen LogP contribution in [0.5, 0.6) is 0 Å². The highest BCUT2D eigenvalue weighted by Gasteiger charge is 1.95. The van der Waals surface area contributed by atoms with Crippen LogP contribution in [0.15, 0.2) is 12.8 Å². The van der Waals surface area contributed by atoms with Gasteiger partial charge in [0.1, 0.15) is 0 Å². The first-order valence-electron chi connectivity index (χ1n) is 3.76. The predicted molar refractivity (Wildman–Crippen MR) is 43.9 cm³/mol. The zero-order valence-corrected chi connectivity index (χ0v) is 6.89. The van der Waals surface area contributed by atoms with Crippen molar-refractivity contribution >= 4 is 0 Å². The van der Waals surface area contributed by atoms with E-state index >= 15 is 0 Å². The van der Waals surface area contributed by atoms with Crippen molar-refractivity contribution in [3.63, 3.8) is 0 Å². The number of rotatable bonds is 6. The van der Waals surface area contributed by atoms with Crippen LogP contribution in [0, 0.1) is 0 Å². The summed E-state index contributed by atoms with van der Waals surface area (Å²) < 4.78 is 5.29. The van der Waals surface area contributed by atoms with Gasteiger partial charge in [-0.15, -0.1) is 0 Å². The maximum absolute atomic E-state index is 5.29. The number of hydrogen-bond donors (Lipinski definition) is 1. The SMILES string of the molecule is C=CNC(C)COCCC. The summed E-state index contributed by atoms with van der Waals surface area (Å²) in [7, 11) is 0. The molecule has 60 valence electrons. The molecule has 0 amide bonds. The highest BCUT2D eigenvalue weighted by Crippen LogP contribution is 1.85. The van der Waals surface area contributed by atoms with E-state index in [9.17, 15) is 0 Å². The highest BCUT2D eigenvalue weighted by atomic mass is 16.5. The van der Waals surface area contributed by atoms with E-state index in [2.05, 4.69) is 25.7 Å². The molecule has 0 aliphatic heterocycles. The lowest BCUT2D eigenvalue weighted by Gasteiger charge is -2.10. The number of nitrogens with one attached hydrogen (secondary N) is 1. The molecule has 2 nitrogen and oxygen atoms in total. The summed E-state index contributed by atoms with van der Waals surface area (Å²) in [6, 6.07) is 0.379. The van der Waals surface area contributed by atoms with E-state index in [1.54, 1.807) is 6.20 Å². The van der Waals surface area contributed by atoms with Crippen molar-refractivity contribution in [2.45, 2.75) is 26.3 Å². The van der Waals surface area contributed by atoms with Crippen molar-refractivity contribution in [2.24, 2.45) is 0 Å². The minimum Gasteiger partial charge on any atom is -0.387 e. The van der Waals surface area contributed by atoms with Crippen molar-refractivity contribution in [2.75, 3.05) is 13.2 Å². The highest BCUT2D eigenvalue weighted by molar-refractivity contribution is 4.69. The molecule has 1 N–H and O–H groups in total. The fraction of sp³-hybridized carbons (Fsp3) is 0.750. The molecule has 0 aromatic heterocycles. The van der Waals surface area contributed by atoms with Crippen molar-refractivity contribution in [3.05, 3.63) is 12.8 Å². The molecule has 10 heavy (non-hydrogen) atoms. The molecule has 2 heteroatoms. The Labute approximate surface area is 63.3 Å². The van der Waals surface area contributed by atoms with Crippen LogP contribution in [0.1, 0.15) is 20.3 Å². The van der Waals surface area contributed by atoms with Crippen LogP contribution in [-0.2, 0) is 4.74 Å². The van der Waals surface area contributed by atoms with E-state index < -0.39 is 0 Å². The molecule has 0 spiro atoms. The van der Waals surface area contributed by atoms with Crippen LogP contribution in [0.4, 0.5) is 0 Å². The summed E-state index contributed by atoms with van der Waals surface area (Å²) in [5.41, 5.74) is 0. The second-order valence-electron chi connectivity index (χ2n) is 2.35. The average Bonchev–Trinajstić information content (AvgIpc) is 1.89. The molecule has 1 unspecified atom stereocenters. The van der Waals surface area contributed by atoms with Gasteiger partial charge in [0.15, 0.2) is 0 Å². The fourth-order valence-electron chi connectivity index (χ4n) is 0.654. The molecule has 0 aliphatic rings. The Kier molecular flexibility index (Phi) is 6.29. The van der Waals surface area contributed by atoms with Gasteiger partial charge in [-0.2, -0.15) is 0 Å². The molecule has 1 atom stereocenters. The Bertz CT molecular complexity index is 83.3. The van der Waals surface area contributed by atoms with E-state index in [4.69, 9.17) is 4.74 Å². The molecular weight excluding hydrogens is 126 g/mol. The first kappa shape index (κ1) is 9.50. The van der Waals surface area contributed by atoms with Crippen molar-refractivity contribution in [3.8, 4) is 0 Å². The lowest BCUT2D eigenvalue weighted by atomic mass is 10.4. The summed E-state index contributed by atoms with van der Waals surface area (Å²) in [5.74, 6) is 0. The summed E-state index contributed by atoms with van der Waals surface area (Å²) in [6.45, 7) is 9.35. The van der Waals surface area contributed by atoms with Crippen LogP contribution >= 0.6 is 0 Å². The van der Waals surface area contributed by atoms with Gasteiger partial charge < -0.3 is 10.1 Å². The largest absolute Gasteiger partial charge is 0.387 e. The van der Waals surface area contributed by atoms with Gasteiger partial charge >= 0.3 is 0 Å². The normalized spacial score (nSPS) is 12.6. The van der Waals surface area contributed by atoms with Gasteiger partial charge in [0.2, 0.25) is 0 Å². The van der Waals surface area contributed by atoms with Crippen LogP contribution in [0.25, 0.3) is 0 Å². The van der Waals surface area contributed by atoms with Crippen LogP contribution < -0.4 is 5.32 Å². The van der Waals surface area contributed by atoms with E-state index in [0.717, 1.165) is 19.6 Å². The fourth-order valence-corrected chi connectivity index (χ4v) is 0.654. The van der Waals surface area contributed by atoms with E-state index in [-0.39, 0.29) is 0 Å². The third-order valence-corrected chi connectivity index (χ3v) is 1.12. The van der Waals surface area contributed by atoms with E-state index in [1.165, 1.54) is 0 Å². The van der Waals surface area contributed by atoms with Crippen LogP contribution in [0.3, 0.4) is 0 Å². The summed E-state index contributed by atoms with van der Waals surface area (Å²) in [4.78, 5) is 0. The molecule has 0 bridgehead atoms. The van der Waals surface area contributed by atoms with Gasteiger partial charge in [0.05, 0.1) is 6.61 Å². The zero-order valence-electron chi connectivity index (χ0n) is 6.89. The quantitative estimate of drug-likeness (QED) is 0.569. The number of ether oxygens (including phenoxy) is 1. The third kappa shape index (κ3) is 5.63. The van der Waals surface area contributed by atoms with Gasteiger partial charge in [-0.05, 0) is 19.5 Å². The predicted octanol–water partition coefficient (Wildman–Crippen LogP) is 1.53. The topological polar surface area (TPSA) is 21.3 Å². The Hall–Kier alpha value is -0.500. The smallest absolute Gasteiger partial charge is 0.0664 e. The molecule has 0 heterocycles. The average molecular weight is 143 g/mol. The molecule has 0 rings (SSSR count). The second kappa shape index (κ2) is 6.62. The zero-order chi connectivity index (χ0) is 7.82. The second-order valence-corrected chi connectivity index (χ2v) is 2.35. The lowest BCUT2D eigenvalue weighted by Crippen LogP contribution is -2.25. The first-order valence-corrected chi connectivity index (χ1v) is 3.76. The lowest BCUT2D eigenvalue weighted by molar-refractivity contribution is 0.119. The molecule has 0 saturated heterocycles. The van der Waals surface area contributed by atoms with E-state index in [0.29, 0.717) is 6.04 Å². The van der Waals surface area contributed by atoms with Crippen molar-refractivity contribution < 1.29 is 4.74 Å². The maximum atomic E-state index is 5.29. The third-order valence-electron chi connectivity index (χ3n) is 1.12. The standard InChI is InChI=1S/C8H17NO/c1-4-6-10-7-8(3)9-5-2/h5,8-9H,2,4,6-7H2,1,3H3. The molecule has 0 fully saturated rings. The Morgan fingerprint density at radius 3 is 2.90 bits per heavy atom. The Balaban J connectivity index is 3.04. The van der Waals surface area contributed by atoms with Crippen LogP contribution in [-0.4, -0.2) is 19.3 Å². The molecule has 0 radical (unpaired) electrons. The monoisotopic (exact) mass is 143 g/mol. The van der Waals surface area contributed by atoms with Gasteiger partial charge in [-0.25, -0.2) is 0 Å². The maximum Gasteiger partial charge on any atom is 0.0664 e. The molecular formula is C8H17NO. The van der Waals surface area contributed by atoms with Crippen molar-refractivity contribution in [1.29, 1.82) is 0 Å². The minimum absolute atomic E-state index is 0.379. The van der Waals surface area contributed by atoms with Gasteiger partial charge in [-0.1, -0.05) is 13.5 Å². The first-order chi connectivity index (χ1) is 4.81. The Morgan fingerprint density at radius 1 is 1.70 bits per heavy atom. The summed E-state index contributed by atoms with van der Waals surface area (Å²) in [5, 5.41) is 3.04. The summed E-state index contributed by atoms with van der Waals surface area (Å²) >= 11 is 0. The molecule has 0 aliphatic carbocycles. The van der Waals surface area contributed by atoms with E-state index in [1.807, 2.05) is 0 Å². The summed E-state index contributed by atoms with van der Waals surface area (Å²) in [6.07, 6.45) is 2.78. The Morgan fingerprint density at radius 2 is 2.40 bits per heavy atom. The molecule has 0 saturated carbocycles. The van der Waals surface area contributed by atoms with Crippen molar-refractivity contribution in [1.82, 2.24) is 5.32 Å². The van der Waals surface area contributed by atoms with Gasteiger partial charge in [-0.3, -0.25) is 0 Å². The molecule has 0 aromatic carbocycles. The molecule has 0 aromatic rings. The minimum atomic E-state index is 0.379. The van der Waals surface area contributed by atoms with Gasteiger partial charge in [0.25, 0.3) is 0 Å².